The number of carbonyl (C=O) groups is 1. The van der Waals surface area contributed by atoms with Crippen molar-refractivity contribution < 1.29 is 14.1 Å². The van der Waals surface area contributed by atoms with Crippen LogP contribution in [0.4, 0.5) is 0 Å². The molecule has 0 N–H and O–H groups in total. The third kappa shape index (κ3) is 4.62. The first-order chi connectivity index (χ1) is 17.7. The van der Waals surface area contributed by atoms with E-state index in [0.29, 0.717) is 48.8 Å². The van der Waals surface area contributed by atoms with Crippen LogP contribution < -0.4 is 0 Å². The van der Waals surface area contributed by atoms with E-state index in [1.165, 1.54) is 0 Å². The minimum Gasteiger partial charge on any atom is -0.466 e. The number of carbonyl (C=O) groups excluding carboxylic acids is 1. The van der Waals surface area contributed by atoms with Crippen LogP contribution in [-0.2, 0) is 16.1 Å². The van der Waals surface area contributed by atoms with Crippen molar-refractivity contribution >= 4 is 16.9 Å². The average molecular weight is 477 g/mol. The Morgan fingerprint density at radius 2 is 1.89 bits per heavy atom. The molecule has 0 unspecified atom stereocenters. The van der Waals surface area contributed by atoms with Crippen LogP contribution >= 0.6 is 0 Å². The highest BCUT2D eigenvalue weighted by Crippen LogP contribution is 2.31. The third-order valence-electron chi connectivity index (χ3n) is 6.04. The number of benzene rings is 3. The number of nitriles is 1. The zero-order chi connectivity index (χ0) is 24.9. The summed E-state index contributed by atoms with van der Waals surface area (Å²) in [5.41, 5.74) is 4.95. The molecular weight excluding hydrogens is 452 g/mol. The first-order valence-electron chi connectivity index (χ1n) is 11.9. The van der Waals surface area contributed by atoms with Gasteiger partial charge >= 0.3 is 5.97 Å². The molecule has 178 valence electrons. The first kappa shape index (κ1) is 23.1. The van der Waals surface area contributed by atoms with E-state index in [1.807, 2.05) is 79.9 Å². The van der Waals surface area contributed by atoms with Crippen LogP contribution in [0.5, 0.6) is 0 Å². The fourth-order valence-electron chi connectivity index (χ4n) is 4.33. The van der Waals surface area contributed by atoms with Crippen molar-refractivity contribution in [1.29, 1.82) is 5.26 Å². The second-order valence-electron chi connectivity index (χ2n) is 8.32. The van der Waals surface area contributed by atoms with Gasteiger partial charge in [-0.25, -0.2) is 0 Å². The molecule has 0 aliphatic carbocycles. The molecule has 0 saturated heterocycles. The Morgan fingerprint density at radius 3 is 2.69 bits per heavy atom. The molecule has 5 aromatic rings. The summed E-state index contributed by atoms with van der Waals surface area (Å²) in [5.74, 6) is 0.655. The number of rotatable bonds is 8. The van der Waals surface area contributed by atoms with Crippen LogP contribution in [0.1, 0.15) is 25.3 Å². The van der Waals surface area contributed by atoms with E-state index in [0.717, 1.165) is 27.6 Å². The molecular formula is C29H24N4O3. The second kappa shape index (κ2) is 10.3. The molecule has 3 aromatic carbocycles. The zero-order valence-corrected chi connectivity index (χ0v) is 19.8. The number of aromatic nitrogens is 3. The Bertz CT molecular complexity index is 1560. The molecule has 0 saturated carbocycles. The van der Waals surface area contributed by atoms with Crippen molar-refractivity contribution in [1.82, 2.24) is 14.7 Å². The standard InChI is InChI=1S/C29H24N4O3/c1-2-35-27(34)12-7-16-33-17-15-24-25(10-6-11-26(24)33)28-31-29(36-32-28)21-13-14-23(22(18-21)19-30)20-8-4-3-5-9-20/h3-6,8-11,13-15,17-18H,2,7,12,16H2,1H3. The number of fused-ring (bicyclic) bond motifs is 1. The second-order valence-corrected chi connectivity index (χ2v) is 8.32. The van der Waals surface area contributed by atoms with Gasteiger partial charge in [-0.15, -0.1) is 0 Å². The highest BCUT2D eigenvalue weighted by atomic mass is 16.5. The van der Waals surface area contributed by atoms with E-state index in [4.69, 9.17) is 9.26 Å². The Hall–Kier alpha value is -4.70. The Balaban J connectivity index is 1.40. The molecule has 0 bridgehead atoms. The maximum absolute atomic E-state index is 11.6. The third-order valence-corrected chi connectivity index (χ3v) is 6.04. The molecule has 2 aromatic heterocycles. The van der Waals surface area contributed by atoms with E-state index in [2.05, 4.69) is 20.8 Å². The number of hydrogen-bond acceptors (Lipinski definition) is 6. The SMILES string of the molecule is CCOC(=O)CCCn1ccc2c(-c3noc(-c4ccc(-c5ccccc5)c(C#N)c4)n3)cccc21. The summed E-state index contributed by atoms with van der Waals surface area (Å²) in [6, 6.07) is 25.6. The Labute approximate surface area is 208 Å². The number of aryl methyl sites for hydroxylation is 1. The summed E-state index contributed by atoms with van der Waals surface area (Å²) in [5, 5.41) is 15.0. The summed E-state index contributed by atoms with van der Waals surface area (Å²) in [6.45, 7) is 2.91. The molecule has 0 amide bonds. The van der Waals surface area contributed by atoms with E-state index >= 15 is 0 Å². The van der Waals surface area contributed by atoms with Gasteiger partial charge in [0.25, 0.3) is 5.89 Å². The summed E-state index contributed by atoms with van der Waals surface area (Å²) >= 11 is 0. The van der Waals surface area contributed by atoms with Gasteiger partial charge in [-0.05, 0) is 48.7 Å². The van der Waals surface area contributed by atoms with Gasteiger partial charge in [0.2, 0.25) is 5.82 Å². The van der Waals surface area contributed by atoms with Crippen LogP contribution in [0.25, 0.3) is 44.9 Å². The topological polar surface area (TPSA) is 93.9 Å². The minimum absolute atomic E-state index is 0.176. The molecule has 0 aliphatic rings. The highest BCUT2D eigenvalue weighted by molar-refractivity contribution is 5.94. The highest BCUT2D eigenvalue weighted by Gasteiger charge is 2.16. The van der Waals surface area contributed by atoms with Crippen LogP contribution in [-0.4, -0.2) is 27.3 Å². The zero-order valence-electron chi connectivity index (χ0n) is 19.8. The van der Waals surface area contributed by atoms with E-state index in [-0.39, 0.29) is 5.97 Å². The molecule has 7 heteroatoms. The molecule has 5 rings (SSSR count). The van der Waals surface area contributed by atoms with Gasteiger partial charge in [-0.2, -0.15) is 10.2 Å². The lowest BCUT2D eigenvalue weighted by molar-refractivity contribution is -0.143. The minimum atomic E-state index is -0.176. The molecule has 0 aliphatic heterocycles. The predicted octanol–water partition coefficient (Wildman–Crippen LogP) is 6.24. The van der Waals surface area contributed by atoms with Crippen molar-refractivity contribution in [2.24, 2.45) is 0 Å². The average Bonchev–Trinajstić information content (AvgIpc) is 3.57. The van der Waals surface area contributed by atoms with Crippen molar-refractivity contribution in [2.75, 3.05) is 6.61 Å². The first-order valence-corrected chi connectivity index (χ1v) is 11.9. The maximum Gasteiger partial charge on any atom is 0.305 e. The summed E-state index contributed by atoms with van der Waals surface area (Å²) < 4.78 is 12.7. The largest absolute Gasteiger partial charge is 0.466 e. The molecule has 0 atom stereocenters. The predicted molar refractivity (Wildman–Crippen MR) is 137 cm³/mol. The normalized spacial score (nSPS) is 10.9. The quantitative estimate of drug-likeness (QED) is 0.246. The molecule has 0 spiro atoms. The van der Waals surface area contributed by atoms with Crippen molar-refractivity contribution in [3.8, 4) is 40.0 Å². The van der Waals surface area contributed by atoms with E-state index < -0.39 is 0 Å². The number of esters is 1. The van der Waals surface area contributed by atoms with Crippen molar-refractivity contribution in [3.05, 3.63) is 84.6 Å². The molecule has 0 radical (unpaired) electrons. The van der Waals surface area contributed by atoms with Crippen molar-refractivity contribution in [2.45, 2.75) is 26.3 Å². The lowest BCUT2D eigenvalue weighted by Crippen LogP contribution is -2.05. The smallest absolute Gasteiger partial charge is 0.305 e. The molecule has 2 heterocycles. The Kier molecular flexibility index (Phi) is 6.59. The van der Waals surface area contributed by atoms with Gasteiger partial charge in [-0.1, -0.05) is 53.7 Å². The van der Waals surface area contributed by atoms with Gasteiger partial charge < -0.3 is 13.8 Å². The lowest BCUT2D eigenvalue weighted by Gasteiger charge is -2.06. The van der Waals surface area contributed by atoms with Gasteiger partial charge in [0.05, 0.1) is 18.2 Å². The van der Waals surface area contributed by atoms with Crippen LogP contribution in [0.3, 0.4) is 0 Å². The van der Waals surface area contributed by atoms with Crippen LogP contribution in [0.2, 0.25) is 0 Å². The lowest BCUT2D eigenvalue weighted by atomic mass is 9.98. The van der Waals surface area contributed by atoms with E-state index in [1.54, 1.807) is 6.07 Å². The monoisotopic (exact) mass is 476 g/mol. The number of nitrogens with zero attached hydrogens (tertiary/aromatic N) is 4. The van der Waals surface area contributed by atoms with Crippen LogP contribution in [0.15, 0.2) is 83.5 Å². The Morgan fingerprint density at radius 1 is 1.03 bits per heavy atom. The van der Waals surface area contributed by atoms with Gasteiger partial charge in [0.1, 0.15) is 0 Å². The molecule has 0 fully saturated rings. The fourth-order valence-corrected chi connectivity index (χ4v) is 4.33. The maximum atomic E-state index is 11.6. The van der Waals surface area contributed by atoms with Crippen molar-refractivity contribution in [3.63, 3.8) is 0 Å². The summed E-state index contributed by atoms with van der Waals surface area (Å²) in [6.07, 6.45) is 3.08. The van der Waals surface area contributed by atoms with Crippen LogP contribution in [0, 0.1) is 11.3 Å². The van der Waals surface area contributed by atoms with Gasteiger partial charge in [0.15, 0.2) is 0 Å². The summed E-state index contributed by atoms with van der Waals surface area (Å²) in [7, 11) is 0. The molecule has 7 nitrogen and oxygen atoms in total. The molecule has 36 heavy (non-hydrogen) atoms. The van der Waals surface area contributed by atoms with Gasteiger partial charge in [-0.3, -0.25) is 4.79 Å². The number of ether oxygens (including phenoxy) is 1. The number of hydrogen-bond donors (Lipinski definition) is 0. The van der Waals surface area contributed by atoms with E-state index in [9.17, 15) is 10.1 Å². The summed E-state index contributed by atoms with van der Waals surface area (Å²) in [4.78, 5) is 16.3. The fraction of sp³-hybridized carbons (Fsp3) is 0.172. The van der Waals surface area contributed by atoms with Gasteiger partial charge in [0, 0.05) is 41.2 Å².